The van der Waals surface area contributed by atoms with E-state index in [0.717, 1.165) is 16.7 Å². The summed E-state index contributed by atoms with van der Waals surface area (Å²) >= 11 is 9.43. The van der Waals surface area contributed by atoms with E-state index in [1.807, 2.05) is 18.2 Å². The highest BCUT2D eigenvalue weighted by Gasteiger charge is 1.99. The summed E-state index contributed by atoms with van der Waals surface area (Å²) in [6.07, 6.45) is 0. The maximum atomic E-state index is 6.05. The molecule has 2 rings (SSSR count). The molecule has 0 aromatic heterocycles. The molecule has 0 saturated heterocycles. The van der Waals surface area contributed by atoms with Crippen LogP contribution in [0.1, 0.15) is 11.1 Å². The molecule has 0 unspecified atom stereocenters. The molecule has 2 aromatic rings. The van der Waals surface area contributed by atoms with E-state index in [4.69, 9.17) is 16.3 Å². The van der Waals surface area contributed by atoms with Crippen LogP contribution >= 0.6 is 27.5 Å². The molecule has 0 aliphatic carbocycles. The van der Waals surface area contributed by atoms with E-state index in [9.17, 15) is 0 Å². The van der Waals surface area contributed by atoms with Crippen LogP contribution in [0.2, 0.25) is 5.02 Å². The van der Waals surface area contributed by atoms with Gasteiger partial charge < -0.3 is 10.1 Å². The number of methoxy groups -OCH3 is 1. The predicted molar refractivity (Wildman–Crippen MR) is 83.6 cm³/mol. The molecule has 0 amide bonds. The van der Waals surface area contributed by atoms with Gasteiger partial charge in [0.25, 0.3) is 0 Å². The van der Waals surface area contributed by atoms with E-state index in [2.05, 4.69) is 45.5 Å². The van der Waals surface area contributed by atoms with Gasteiger partial charge in [-0.15, -0.1) is 0 Å². The van der Waals surface area contributed by atoms with Crippen molar-refractivity contribution in [3.63, 3.8) is 0 Å². The third kappa shape index (κ3) is 4.23. The van der Waals surface area contributed by atoms with Crippen molar-refractivity contribution < 1.29 is 4.74 Å². The van der Waals surface area contributed by atoms with Gasteiger partial charge in [-0.05, 0) is 45.3 Å². The van der Waals surface area contributed by atoms with Gasteiger partial charge in [-0.3, -0.25) is 0 Å². The second-order valence-corrected chi connectivity index (χ2v) is 5.49. The fourth-order valence-corrected chi connectivity index (χ4v) is 2.16. The van der Waals surface area contributed by atoms with Crippen molar-refractivity contribution in [2.45, 2.75) is 13.2 Å². The Balaban J connectivity index is 1.96. The Kier molecular flexibility index (Phi) is 5.25. The molecule has 0 atom stereocenters. The third-order valence-electron chi connectivity index (χ3n) is 2.75. The molecule has 0 spiro atoms. The zero-order chi connectivity index (χ0) is 13.7. The van der Waals surface area contributed by atoms with E-state index >= 15 is 0 Å². The fourth-order valence-electron chi connectivity index (χ4n) is 1.73. The Morgan fingerprint density at radius 3 is 2.42 bits per heavy atom. The highest BCUT2D eigenvalue weighted by Crippen LogP contribution is 2.25. The molecule has 0 heterocycles. The molecule has 0 radical (unpaired) electrons. The molecule has 19 heavy (non-hydrogen) atoms. The molecule has 0 saturated carbocycles. The molecular formula is C15H15BrClNO. The molecule has 100 valence electrons. The molecule has 0 aliphatic heterocycles. The Morgan fingerprint density at radius 2 is 1.79 bits per heavy atom. The van der Waals surface area contributed by atoms with Crippen molar-refractivity contribution in [1.29, 1.82) is 0 Å². The van der Waals surface area contributed by atoms with Crippen LogP contribution in [0.25, 0.3) is 0 Å². The van der Waals surface area contributed by atoms with Crippen molar-refractivity contribution >= 4 is 33.2 Å². The summed E-state index contributed by atoms with van der Waals surface area (Å²) < 4.78 is 5.99. The Hall–Kier alpha value is -1.03. The third-order valence-corrected chi connectivity index (χ3v) is 3.98. The number of rotatable bonds is 5. The van der Waals surface area contributed by atoms with E-state index in [0.29, 0.717) is 11.6 Å². The van der Waals surface area contributed by atoms with Gasteiger partial charge in [0.2, 0.25) is 0 Å². The number of anilines is 1. The van der Waals surface area contributed by atoms with E-state index in [1.165, 1.54) is 11.1 Å². The molecule has 0 aliphatic rings. The first-order chi connectivity index (χ1) is 9.19. The van der Waals surface area contributed by atoms with Crippen molar-refractivity contribution in [3.8, 4) is 0 Å². The molecule has 4 heteroatoms. The van der Waals surface area contributed by atoms with Gasteiger partial charge in [0.1, 0.15) is 0 Å². The lowest BCUT2D eigenvalue weighted by molar-refractivity contribution is 0.185. The summed E-state index contributed by atoms with van der Waals surface area (Å²) in [6, 6.07) is 14.2. The molecule has 0 fully saturated rings. The Labute approximate surface area is 126 Å². The van der Waals surface area contributed by atoms with Crippen LogP contribution < -0.4 is 5.32 Å². The number of hydrogen-bond acceptors (Lipinski definition) is 2. The Morgan fingerprint density at radius 1 is 1.11 bits per heavy atom. The van der Waals surface area contributed by atoms with E-state index in [-0.39, 0.29) is 0 Å². The zero-order valence-corrected chi connectivity index (χ0v) is 13.0. The van der Waals surface area contributed by atoms with Gasteiger partial charge in [-0.25, -0.2) is 0 Å². The van der Waals surface area contributed by atoms with Gasteiger partial charge in [0.05, 0.1) is 11.6 Å². The summed E-state index contributed by atoms with van der Waals surface area (Å²) in [5, 5.41) is 4.05. The highest BCUT2D eigenvalue weighted by atomic mass is 79.9. The Bertz CT molecular complexity index is 542. The smallest absolute Gasteiger partial charge is 0.0713 e. The summed E-state index contributed by atoms with van der Waals surface area (Å²) in [4.78, 5) is 0. The van der Waals surface area contributed by atoms with Crippen LogP contribution in [-0.4, -0.2) is 7.11 Å². The normalized spacial score (nSPS) is 10.5. The van der Waals surface area contributed by atoms with Crippen LogP contribution in [0.15, 0.2) is 46.9 Å². The number of nitrogens with one attached hydrogen (secondary N) is 1. The van der Waals surface area contributed by atoms with Gasteiger partial charge in [0, 0.05) is 23.8 Å². The van der Waals surface area contributed by atoms with Crippen LogP contribution in [0.3, 0.4) is 0 Å². The van der Waals surface area contributed by atoms with Gasteiger partial charge in [0.15, 0.2) is 0 Å². The van der Waals surface area contributed by atoms with Crippen LogP contribution in [0.4, 0.5) is 5.69 Å². The van der Waals surface area contributed by atoms with E-state index in [1.54, 1.807) is 7.11 Å². The monoisotopic (exact) mass is 339 g/mol. The molecule has 0 bridgehead atoms. The SMILES string of the molecule is COCc1ccc(CNc2ccc(Br)c(Cl)c2)cc1. The zero-order valence-electron chi connectivity index (χ0n) is 10.6. The minimum Gasteiger partial charge on any atom is -0.381 e. The minimum absolute atomic E-state index is 0.649. The van der Waals surface area contributed by atoms with Gasteiger partial charge in [-0.2, -0.15) is 0 Å². The maximum absolute atomic E-state index is 6.05. The second kappa shape index (κ2) is 6.94. The quantitative estimate of drug-likeness (QED) is 0.839. The average Bonchev–Trinajstić information content (AvgIpc) is 2.42. The first-order valence-corrected chi connectivity index (χ1v) is 7.12. The maximum Gasteiger partial charge on any atom is 0.0713 e. The molecule has 1 N–H and O–H groups in total. The van der Waals surface area contributed by atoms with Crippen LogP contribution in [0, 0.1) is 0 Å². The van der Waals surface area contributed by atoms with Crippen molar-refractivity contribution in [2.24, 2.45) is 0 Å². The number of ether oxygens (including phenoxy) is 1. The van der Waals surface area contributed by atoms with Gasteiger partial charge >= 0.3 is 0 Å². The largest absolute Gasteiger partial charge is 0.381 e. The molecule has 2 nitrogen and oxygen atoms in total. The predicted octanol–water partition coefficient (Wildman–Crippen LogP) is 4.86. The van der Waals surface area contributed by atoms with Crippen molar-refractivity contribution in [1.82, 2.24) is 0 Å². The lowest BCUT2D eigenvalue weighted by atomic mass is 10.1. The number of benzene rings is 2. The second-order valence-electron chi connectivity index (χ2n) is 4.23. The van der Waals surface area contributed by atoms with Crippen LogP contribution in [0.5, 0.6) is 0 Å². The van der Waals surface area contributed by atoms with Crippen molar-refractivity contribution in [3.05, 3.63) is 63.1 Å². The standard InChI is InChI=1S/C15H15BrClNO/c1-19-10-12-4-2-11(3-5-12)9-18-13-6-7-14(16)15(17)8-13/h2-8,18H,9-10H2,1H3. The lowest BCUT2D eigenvalue weighted by Crippen LogP contribution is -1.99. The van der Waals surface area contributed by atoms with Crippen molar-refractivity contribution in [2.75, 3.05) is 12.4 Å². The highest BCUT2D eigenvalue weighted by molar-refractivity contribution is 9.10. The number of hydrogen-bond donors (Lipinski definition) is 1. The molecule has 2 aromatic carbocycles. The summed E-state index contributed by atoms with van der Waals surface area (Å²) in [5.74, 6) is 0. The summed E-state index contributed by atoms with van der Waals surface area (Å²) in [5.41, 5.74) is 3.41. The first kappa shape index (κ1) is 14.4. The van der Waals surface area contributed by atoms with Crippen LogP contribution in [-0.2, 0) is 17.9 Å². The first-order valence-electron chi connectivity index (χ1n) is 5.94. The van der Waals surface area contributed by atoms with Gasteiger partial charge in [-0.1, -0.05) is 35.9 Å². The van der Waals surface area contributed by atoms with E-state index < -0.39 is 0 Å². The molecular weight excluding hydrogens is 326 g/mol. The minimum atomic E-state index is 0.649. The summed E-state index contributed by atoms with van der Waals surface area (Å²) in [6.45, 7) is 1.42. The topological polar surface area (TPSA) is 21.3 Å². The average molecular weight is 341 g/mol. The summed E-state index contributed by atoms with van der Waals surface area (Å²) in [7, 11) is 1.70. The number of halogens is 2. The fraction of sp³-hybridized carbons (Fsp3) is 0.200. The lowest BCUT2D eigenvalue weighted by Gasteiger charge is -2.08.